The molecule has 0 saturated heterocycles. The smallest absolute Gasteiger partial charge is 0.248 e. The standard InChI is InChI=1S/C21H24N4O/c1-3-4-5-16-8-10-17(11-9-16)25-20-19(22)21(24-14-23-20)26-18-12-6-15(2)7-13-18/h6-14H,3-5,22H2,1-2H3,(H,23,24,25). The van der Waals surface area contributed by atoms with Crippen LogP contribution >= 0.6 is 0 Å². The van der Waals surface area contributed by atoms with Crippen molar-refractivity contribution in [3.8, 4) is 11.6 Å². The van der Waals surface area contributed by atoms with Crippen LogP contribution in [-0.2, 0) is 6.42 Å². The highest BCUT2D eigenvalue weighted by atomic mass is 16.5. The van der Waals surface area contributed by atoms with Gasteiger partial charge < -0.3 is 15.8 Å². The van der Waals surface area contributed by atoms with Gasteiger partial charge in [0.05, 0.1) is 0 Å². The second-order valence-electron chi connectivity index (χ2n) is 6.28. The average Bonchev–Trinajstić information content (AvgIpc) is 2.66. The molecule has 5 nitrogen and oxygen atoms in total. The third-order valence-electron chi connectivity index (χ3n) is 4.12. The van der Waals surface area contributed by atoms with Gasteiger partial charge >= 0.3 is 0 Å². The molecule has 0 fully saturated rings. The van der Waals surface area contributed by atoms with Gasteiger partial charge in [0, 0.05) is 5.69 Å². The number of ether oxygens (including phenoxy) is 1. The maximum absolute atomic E-state index is 6.19. The first-order valence-corrected chi connectivity index (χ1v) is 8.86. The minimum atomic E-state index is 0.339. The van der Waals surface area contributed by atoms with Crippen LogP contribution in [0.5, 0.6) is 11.6 Å². The van der Waals surface area contributed by atoms with E-state index in [1.54, 1.807) is 0 Å². The highest BCUT2D eigenvalue weighted by molar-refractivity contribution is 5.72. The van der Waals surface area contributed by atoms with Gasteiger partial charge in [-0.1, -0.05) is 43.2 Å². The molecular formula is C21H24N4O. The SMILES string of the molecule is CCCCc1ccc(Nc2ncnc(Oc3ccc(C)cc3)c2N)cc1. The van der Waals surface area contributed by atoms with E-state index in [0.29, 0.717) is 23.1 Å². The van der Waals surface area contributed by atoms with Crippen molar-refractivity contribution in [2.75, 3.05) is 11.1 Å². The van der Waals surface area contributed by atoms with E-state index in [1.165, 1.54) is 24.7 Å². The summed E-state index contributed by atoms with van der Waals surface area (Å²) >= 11 is 0. The predicted octanol–water partition coefficient (Wildman–Crippen LogP) is 5.25. The van der Waals surface area contributed by atoms with Crippen molar-refractivity contribution in [2.45, 2.75) is 33.1 Å². The molecule has 0 amide bonds. The number of rotatable bonds is 7. The van der Waals surface area contributed by atoms with Crippen molar-refractivity contribution in [1.82, 2.24) is 9.97 Å². The van der Waals surface area contributed by atoms with Crippen LogP contribution in [0.15, 0.2) is 54.9 Å². The van der Waals surface area contributed by atoms with Gasteiger partial charge in [0.1, 0.15) is 17.8 Å². The summed E-state index contributed by atoms with van der Waals surface area (Å²) in [6, 6.07) is 16.0. The summed E-state index contributed by atoms with van der Waals surface area (Å²) in [6.07, 6.45) is 4.94. The van der Waals surface area contributed by atoms with Crippen LogP contribution in [0.3, 0.4) is 0 Å². The minimum Gasteiger partial charge on any atom is -0.437 e. The summed E-state index contributed by atoms with van der Waals surface area (Å²) in [5, 5.41) is 3.23. The summed E-state index contributed by atoms with van der Waals surface area (Å²) in [7, 11) is 0. The molecule has 5 heteroatoms. The van der Waals surface area contributed by atoms with Gasteiger partial charge in [-0.15, -0.1) is 0 Å². The molecule has 1 heterocycles. The number of nitrogens with one attached hydrogen (secondary N) is 1. The number of benzene rings is 2. The monoisotopic (exact) mass is 348 g/mol. The Morgan fingerprint density at radius 1 is 1.00 bits per heavy atom. The number of nitrogen functional groups attached to an aromatic ring is 1. The second kappa shape index (κ2) is 8.34. The lowest BCUT2D eigenvalue weighted by atomic mass is 10.1. The van der Waals surface area contributed by atoms with Crippen molar-refractivity contribution in [3.63, 3.8) is 0 Å². The predicted molar refractivity (Wildman–Crippen MR) is 106 cm³/mol. The van der Waals surface area contributed by atoms with Crippen LogP contribution in [0.2, 0.25) is 0 Å². The Balaban J connectivity index is 1.73. The molecule has 0 aliphatic carbocycles. The third kappa shape index (κ3) is 4.51. The number of aromatic nitrogens is 2. The number of hydrogen-bond donors (Lipinski definition) is 2. The van der Waals surface area contributed by atoms with Crippen LogP contribution in [0, 0.1) is 6.92 Å². The third-order valence-corrected chi connectivity index (χ3v) is 4.12. The van der Waals surface area contributed by atoms with E-state index >= 15 is 0 Å². The molecule has 26 heavy (non-hydrogen) atoms. The maximum atomic E-state index is 6.19. The van der Waals surface area contributed by atoms with Crippen LogP contribution in [0.25, 0.3) is 0 Å². The van der Waals surface area contributed by atoms with Gasteiger partial charge in [0.2, 0.25) is 5.88 Å². The number of unbranched alkanes of at least 4 members (excludes halogenated alkanes) is 1. The largest absolute Gasteiger partial charge is 0.437 e. The Hall–Kier alpha value is -3.08. The van der Waals surface area contributed by atoms with Crippen molar-refractivity contribution in [3.05, 3.63) is 66.0 Å². The molecule has 0 bridgehead atoms. The molecule has 0 unspecified atom stereocenters. The Morgan fingerprint density at radius 2 is 1.73 bits per heavy atom. The first-order chi connectivity index (χ1) is 12.7. The molecular weight excluding hydrogens is 324 g/mol. The van der Waals surface area contributed by atoms with Gasteiger partial charge in [-0.2, -0.15) is 4.98 Å². The highest BCUT2D eigenvalue weighted by Gasteiger charge is 2.10. The van der Waals surface area contributed by atoms with Crippen LogP contribution in [-0.4, -0.2) is 9.97 Å². The van der Waals surface area contributed by atoms with E-state index < -0.39 is 0 Å². The fourth-order valence-corrected chi connectivity index (χ4v) is 2.55. The van der Waals surface area contributed by atoms with Gasteiger partial charge in [-0.3, -0.25) is 0 Å². The zero-order valence-corrected chi connectivity index (χ0v) is 15.2. The number of nitrogens with zero attached hydrogens (tertiary/aromatic N) is 2. The van der Waals surface area contributed by atoms with E-state index in [4.69, 9.17) is 10.5 Å². The van der Waals surface area contributed by atoms with Crippen molar-refractivity contribution in [2.24, 2.45) is 0 Å². The molecule has 0 atom stereocenters. The summed E-state index contributed by atoms with van der Waals surface area (Å²) in [5.41, 5.74) is 9.99. The fraction of sp³-hybridized carbons (Fsp3) is 0.238. The first kappa shape index (κ1) is 17.7. The van der Waals surface area contributed by atoms with Crippen molar-refractivity contribution >= 4 is 17.2 Å². The number of aryl methyl sites for hydroxylation is 2. The average molecular weight is 348 g/mol. The molecule has 0 aliphatic rings. The Morgan fingerprint density at radius 3 is 2.42 bits per heavy atom. The molecule has 3 N–H and O–H groups in total. The van der Waals surface area contributed by atoms with E-state index in [2.05, 4.69) is 34.3 Å². The van der Waals surface area contributed by atoms with Gasteiger partial charge in [0.15, 0.2) is 5.82 Å². The highest BCUT2D eigenvalue weighted by Crippen LogP contribution is 2.31. The molecule has 0 radical (unpaired) electrons. The molecule has 0 aliphatic heterocycles. The molecule has 0 spiro atoms. The lowest BCUT2D eigenvalue weighted by molar-refractivity contribution is 0.464. The lowest BCUT2D eigenvalue weighted by Gasteiger charge is -2.12. The van der Waals surface area contributed by atoms with Crippen LogP contribution in [0.1, 0.15) is 30.9 Å². The Kier molecular flexibility index (Phi) is 5.69. The normalized spacial score (nSPS) is 10.5. The van der Waals surface area contributed by atoms with Gasteiger partial charge in [-0.25, -0.2) is 4.98 Å². The maximum Gasteiger partial charge on any atom is 0.248 e. The zero-order chi connectivity index (χ0) is 18.4. The van der Waals surface area contributed by atoms with Crippen LogP contribution in [0.4, 0.5) is 17.2 Å². The number of anilines is 3. The quantitative estimate of drug-likeness (QED) is 0.610. The molecule has 1 aromatic heterocycles. The van der Waals surface area contributed by atoms with Crippen LogP contribution < -0.4 is 15.8 Å². The molecule has 134 valence electrons. The first-order valence-electron chi connectivity index (χ1n) is 8.86. The summed E-state index contributed by atoms with van der Waals surface area (Å²) in [5.74, 6) is 1.56. The van der Waals surface area contributed by atoms with E-state index in [0.717, 1.165) is 17.7 Å². The Labute approximate surface area is 154 Å². The second-order valence-corrected chi connectivity index (χ2v) is 6.28. The van der Waals surface area contributed by atoms with Gasteiger partial charge in [-0.05, 0) is 49.6 Å². The molecule has 0 saturated carbocycles. The summed E-state index contributed by atoms with van der Waals surface area (Å²) in [6.45, 7) is 4.22. The number of nitrogens with two attached hydrogens (primary N) is 1. The minimum absolute atomic E-state index is 0.339. The van der Waals surface area contributed by atoms with Crippen molar-refractivity contribution < 1.29 is 4.74 Å². The number of hydrogen-bond acceptors (Lipinski definition) is 5. The molecule has 3 aromatic rings. The summed E-state index contributed by atoms with van der Waals surface area (Å²) in [4.78, 5) is 8.38. The fourth-order valence-electron chi connectivity index (χ4n) is 2.55. The van der Waals surface area contributed by atoms with E-state index in [1.807, 2.05) is 43.3 Å². The lowest BCUT2D eigenvalue weighted by Crippen LogP contribution is -2.03. The zero-order valence-electron chi connectivity index (χ0n) is 15.2. The Bertz CT molecular complexity index is 845. The molecule has 2 aromatic carbocycles. The van der Waals surface area contributed by atoms with E-state index in [9.17, 15) is 0 Å². The van der Waals surface area contributed by atoms with E-state index in [-0.39, 0.29) is 0 Å². The molecule has 3 rings (SSSR count). The topological polar surface area (TPSA) is 73.1 Å². The van der Waals surface area contributed by atoms with Gasteiger partial charge in [0.25, 0.3) is 0 Å². The van der Waals surface area contributed by atoms with Crippen molar-refractivity contribution in [1.29, 1.82) is 0 Å². The summed E-state index contributed by atoms with van der Waals surface area (Å²) < 4.78 is 5.79.